The molecule has 0 aliphatic carbocycles. The van der Waals surface area contributed by atoms with Crippen molar-refractivity contribution in [2.45, 2.75) is 309 Å². The van der Waals surface area contributed by atoms with Gasteiger partial charge in [-0.25, -0.2) is 0 Å². The molecule has 0 aromatic carbocycles. The topological polar surface area (TPSA) is 69.6 Å². The average Bonchev–Trinajstić information content (AvgIpc) is 3.25. The van der Waals surface area contributed by atoms with E-state index in [9.17, 15) is 15.0 Å². The normalized spacial score (nSPS) is 13.1. The van der Waals surface area contributed by atoms with E-state index < -0.39 is 12.1 Å². The van der Waals surface area contributed by atoms with Crippen molar-refractivity contribution in [2.75, 3.05) is 6.61 Å². The van der Waals surface area contributed by atoms with E-state index >= 15 is 0 Å². The molecule has 0 radical (unpaired) electrons. The van der Waals surface area contributed by atoms with Gasteiger partial charge in [-0.1, -0.05) is 288 Å². The number of carbonyl (C=O) groups is 1. The van der Waals surface area contributed by atoms with Crippen molar-refractivity contribution in [2.24, 2.45) is 0 Å². The molecule has 354 valence electrons. The number of allylic oxidation sites excluding steroid dienone is 5. The summed E-state index contributed by atoms with van der Waals surface area (Å²) >= 11 is 0. The highest BCUT2D eigenvalue weighted by Crippen LogP contribution is 2.18. The van der Waals surface area contributed by atoms with Crippen molar-refractivity contribution < 1.29 is 15.0 Å². The molecule has 0 aromatic rings. The molecule has 2 atom stereocenters. The summed E-state index contributed by atoms with van der Waals surface area (Å²) in [6.45, 7) is 4.24. The van der Waals surface area contributed by atoms with Crippen LogP contribution in [0, 0.1) is 0 Å². The maximum atomic E-state index is 12.4. The van der Waals surface area contributed by atoms with Crippen LogP contribution in [0.15, 0.2) is 36.5 Å². The fourth-order valence-corrected chi connectivity index (χ4v) is 8.46. The molecule has 0 fully saturated rings. The minimum Gasteiger partial charge on any atom is -0.394 e. The van der Waals surface area contributed by atoms with Gasteiger partial charge in [0, 0.05) is 6.42 Å². The van der Waals surface area contributed by atoms with Gasteiger partial charge in [0.15, 0.2) is 0 Å². The molecule has 60 heavy (non-hydrogen) atoms. The van der Waals surface area contributed by atoms with Crippen LogP contribution in [0.2, 0.25) is 0 Å². The first kappa shape index (κ1) is 58.6. The number of carbonyl (C=O) groups excluding carboxylic acids is 1. The summed E-state index contributed by atoms with van der Waals surface area (Å²) in [5, 5.41) is 22.9. The highest BCUT2D eigenvalue weighted by Gasteiger charge is 2.18. The second kappa shape index (κ2) is 52.0. The predicted molar refractivity (Wildman–Crippen MR) is 267 cm³/mol. The Morgan fingerprint density at radius 1 is 0.383 bits per heavy atom. The maximum Gasteiger partial charge on any atom is 0.220 e. The molecule has 0 bridgehead atoms. The summed E-state index contributed by atoms with van der Waals surface area (Å²) in [4.78, 5) is 12.4. The Bertz CT molecular complexity index is 912. The fraction of sp³-hybridized carbons (Fsp3) is 0.875. The lowest BCUT2D eigenvalue weighted by Gasteiger charge is -2.19. The van der Waals surface area contributed by atoms with E-state index in [1.165, 1.54) is 231 Å². The second-order valence-electron chi connectivity index (χ2n) is 18.6. The fourth-order valence-electron chi connectivity index (χ4n) is 8.46. The van der Waals surface area contributed by atoms with Gasteiger partial charge in [-0.3, -0.25) is 4.79 Å². The molecule has 0 spiro atoms. The van der Waals surface area contributed by atoms with Crippen molar-refractivity contribution in [3.8, 4) is 0 Å². The van der Waals surface area contributed by atoms with Gasteiger partial charge >= 0.3 is 0 Å². The Morgan fingerprint density at radius 2 is 0.650 bits per heavy atom. The highest BCUT2D eigenvalue weighted by atomic mass is 16.3. The Morgan fingerprint density at radius 3 is 0.933 bits per heavy atom. The summed E-state index contributed by atoms with van der Waals surface area (Å²) in [6.07, 6.45) is 70.5. The molecule has 0 heterocycles. The van der Waals surface area contributed by atoms with E-state index in [0.29, 0.717) is 6.42 Å². The van der Waals surface area contributed by atoms with Gasteiger partial charge in [0.1, 0.15) is 0 Å². The molecule has 0 aliphatic heterocycles. The van der Waals surface area contributed by atoms with E-state index in [0.717, 1.165) is 44.9 Å². The van der Waals surface area contributed by atoms with Gasteiger partial charge in [0.05, 0.1) is 18.8 Å². The van der Waals surface area contributed by atoms with Gasteiger partial charge in [0.2, 0.25) is 5.91 Å². The lowest BCUT2D eigenvalue weighted by atomic mass is 10.0. The number of unbranched alkanes of at least 4 members (excludes halogenated alkanes) is 39. The van der Waals surface area contributed by atoms with E-state index in [4.69, 9.17) is 0 Å². The first-order valence-corrected chi connectivity index (χ1v) is 27.2. The number of rotatable bonds is 50. The molecule has 0 aromatic heterocycles. The lowest BCUT2D eigenvalue weighted by molar-refractivity contribution is -0.123. The van der Waals surface area contributed by atoms with E-state index in [2.05, 4.69) is 43.5 Å². The Kier molecular flexibility index (Phi) is 50.8. The number of hydrogen-bond acceptors (Lipinski definition) is 3. The van der Waals surface area contributed by atoms with Crippen molar-refractivity contribution in [1.82, 2.24) is 5.32 Å². The molecule has 3 N–H and O–H groups in total. The van der Waals surface area contributed by atoms with Crippen LogP contribution >= 0.6 is 0 Å². The minimum atomic E-state index is -0.866. The maximum absolute atomic E-state index is 12.4. The van der Waals surface area contributed by atoms with Crippen LogP contribution in [0.4, 0.5) is 0 Å². The molecule has 0 aliphatic rings. The van der Waals surface area contributed by atoms with Gasteiger partial charge in [-0.05, 0) is 38.5 Å². The number of hydrogen-bond donors (Lipinski definition) is 3. The Balaban J connectivity index is 3.35. The summed E-state index contributed by atoms with van der Waals surface area (Å²) in [6, 6.07) is -0.642. The molecular formula is C56H107NO3. The molecule has 0 saturated heterocycles. The Labute approximate surface area is 376 Å². The minimum absolute atomic E-state index is 0.0753. The number of amides is 1. The molecule has 4 heteroatoms. The molecule has 4 nitrogen and oxygen atoms in total. The summed E-state index contributed by atoms with van der Waals surface area (Å²) < 4.78 is 0. The number of nitrogens with one attached hydrogen (secondary N) is 1. The highest BCUT2D eigenvalue weighted by molar-refractivity contribution is 5.76. The largest absolute Gasteiger partial charge is 0.394 e. The zero-order valence-corrected chi connectivity index (χ0v) is 40.7. The third-order valence-electron chi connectivity index (χ3n) is 12.6. The van der Waals surface area contributed by atoms with Gasteiger partial charge in [0.25, 0.3) is 0 Å². The third-order valence-corrected chi connectivity index (χ3v) is 12.6. The van der Waals surface area contributed by atoms with E-state index in [-0.39, 0.29) is 12.5 Å². The summed E-state index contributed by atoms with van der Waals surface area (Å²) in [7, 11) is 0. The SMILES string of the molecule is CCC/C=C/CC/C=C/CC/C=C/C(O)C(CO)NC(=O)CCCCCCCCCCCCCCCCCCCCCCCCCCCCCCCCCCCCCCC. The van der Waals surface area contributed by atoms with Gasteiger partial charge in [-0.15, -0.1) is 0 Å². The van der Waals surface area contributed by atoms with E-state index in [1.807, 2.05) is 6.08 Å². The first-order valence-electron chi connectivity index (χ1n) is 27.2. The van der Waals surface area contributed by atoms with Crippen LogP contribution in [-0.2, 0) is 4.79 Å². The first-order chi connectivity index (χ1) is 29.7. The van der Waals surface area contributed by atoms with Crippen molar-refractivity contribution in [3.05, 3.63) is 36.5 Å². The van der Waals surface area contributed by atoms with Crippen LogP contribution < -0.4 is 5.32 Å². The third kappa shape index (κ3) is 47.7. The number of aliphatic hydroxyl groups excluding tert-OH is 2. The van der Waals surface area contributed by atoms with Gasteiger partial charge < -0.3 is 15.5 Å². The van der Waals surface area contributed by atoms with Crippen molar-refractivity contribution in [1.29, 1.82) is 0 Å². The molecular weight excluding hydrogens is 735 g/mol. The lowest BCUT2D eigenvalue weighted by Crippen LogP contribution is -2.45. The van der Waals surface area contributed by atoms with E-state index in [1.54, 1.807) is 6.08 Å². The molecule has 0 rings (SSSR count). The zero-order valence-electron chi connectivity index (χ0n) is 40.7. The quantitative estimate of drug-likeness (QED) is 0.0422. The van der Waals surface area contributed by atoms with Crippen molar-refractivity contribution in [3.63, 3.8) is 0 Å². The van der Waals surface area contributed by atoms with Crippen LogP contribution in [0.1, 0.15) is 296 Å². The number of aliphatic hydroxyl groups is 2. The predicted octanol–water partition coefficient (Wildman–Crippen LogP) is 17.7. The smallest absolute Gasteiger partial charge is 0.220 e. The van der Waals surface area contributed by atoms with Gasteiger partial charge in [-0.2, -0.15) is 0 Å². The summed E-state index contributed by atoms with van der Waals surface area (Å²) in [5.74, 6) is -0.0753. The molecule has 1 amide bonds. The zero-order chi connectivity index (χ0) is 43.5. The second-order valence-corrected chi connectivity index (χ2v) is 18.6. The summed E-state index contributed by atoms with van der Waals surface area (Å²) in [5.41, 5.74) is 0. The molecule has 2 unspecified atom stereocenters. The Hall–Kier alpha value is -1.39. The van der Waals surface area contributed by atoms with Crippen LogP contribution in [0.3, 0.4) is 0 Å². The van der Waals surface area contributed by atoms with Crippen LogP contribution in [0.5, 0.6) is 0 Å². The molecule has 0 saturated carbocycles. The van der Waals surface area contributed by atoms with Crippen molar-refractivity contribution >= 4 is 5.91 Å². The monoisotopic (exact) mass is 842 g/mol. The van der Waals surface area contributed by atoms with Crippen LogP contribution in [-0.4, -0.2) is 34.9 Å². The average molecular weight is 842 g/mol. The van der Waals surface area contributed by atoms with Crippen LogP contribution in [0.25, 0.3) is 0 Å². The standard InChI is InChI=1S/C56H107NO3/c1-3-5-7-9-11-13-15-16-17-18-19-20-21-22-23-24-25-26-27-28-29-30-31-32-33-34-35-36-37-38-39-40-42-44-46-48-50-52-56(60)57-54(53-58)55(59)51-49-47-45-43-41-14-12-10-8-6-4-2/h8,10,41,43,49,51,54-55,58-59H,3-7,9,11-40,42,44-48,50,52-53H2,1-2H3,(H,57,60)/b10-8+,43-41+,51-49+.